The summed E-state index contributed by atoms with van der Waals surface area (Å²) in [7, 11) is 0. The average molecular weight is 307 g/mol. The van der Waals surface area contributed by atoms with Gasteiger partial charge in [-0.2, -0.15) is 0 Å². The van der Waals surface area contributed by atoms with Crippen LogP contribution in [0.2, 0.25) is 0 Å². The standard InChI is InChI=1S/C15H21N3O4/c1-2-17(9-10-19)7-4-8-18-13-11(5-3-6-12(13)20)14(21)16-15(18)22/h3,5-6,19-20H,2,4,7-10H2,1H3,(H,16,21,22). The van der Waals surface area contributed by atoms with Crippen molar-refractivity contribution in [3.05, 3.63) is 39.0 Å². The van der Waals surface area contributed by atoms with Crippen molar-refractivity contribution in [2.75, 3.05) is 26.2 Å². The number of nitrogens with one attached hydrogen (secondary N) is 1. The number of nitrogens with zero attached hydrogens (tertiary/aromatic N) is 2. The van der Waals surface area contributed by atoms with E-state index in [-0.39, 0.29) is 17.9 Å². The van der Waals surface area contributed by atoms with E-state index < -0.39 is 11.2 Å². The summed E-state index contributed by atoms with van der Waals surface area (Å²) in [5.41, 5.74) is -0.756. The van der Waals surface area contributed by atoms with Gasteiger partial charge in [-0.25, -0.2) is 4.79 Å². The fourth-order valence-corrected chi connectivity index (χ4v) is 2.57. The summed E-state index contributed by atoms with van der Waals surface area (Å²) in [5, 5.41) is 19.2. The molecule has 2 rings (SSSR count). The molecule has 0 aliphatic rings. The first-order valence-corrected chi connectivity index (χ1v) is 7.36. The van der Waals surface area contributed by atoms with Crippen molar-refractivity contribution in [3.8, 4) is 5.75 Å². The fraction of sp³-hybridized carbons (Fsp3) is 0.467. The monoisotopic (exact) mass is 307 g/mol. The molecule has 3 N–H and O–H groups in total. The molecule has 22 heavy (non-hydrogen) atoms. The van der Waals surface area contributed by atoms with Gasteiger partial charge in [0.2, 0.25) is 0 Å². The maximum absolute atomic E-state index is 12.0. The summed E-state index contributed by atoms with van der Waals surface area (Å²) >= 11 is 0. The van der Waals surface area contributed by atoms with E-state index in [0.717, 1.165) is 13.1 Å². The van der Waals surface area contributed by atoms with Crippen LogP contribution in [0.15, 0.2) is 27.8 Å². The minimum absolute atomic E-state index is 0.0802. The molecule has 1 aromatic carbocycles. The summed E-state index contributed by atoms with van der Waals surface area (Å²) in [6.45, 7) is 4.60. The Morgan fingerprint density at radius 3 is 2.73 bits per heavy atom. The van der Waals surface area contributed by atoms with E-state index in [4.69, 9.17) is 5.11 Å². The highest BCUT2D eigenvalue weighted by atomic mass is 16.3. The lowest BCUT2D eigenvalue weighted by atomic mass is 10.2. The van der Waals surface area contributed by atoms with Gasteiger partial charge >= 0.3 is 5.69 Å². The lowest BCUT2D eigenvalue weighted by Crippen LogP contribution is -2.32. The Morgan fingerprint density at radius 2 is 2.05 bits per heavy atom. The van der Waals surface area contributed by atoms with Crippen LogP contribution in [0, 0.1) is 0 Å². The van der Waals surface area contributed by atoms with E-state index in [1.54, 1.807) is 12.1 Å². The van der Waals surface area contributed by atoms with E-state index in [9.17, 15) is 14.7 Å². The molecule has 0 saturated carbocycles. The van der Waals surface area contributed by atoms with Crippen molar-refractivity contribution in [1.82, 2.24) is 14.5 Å². The van der Waals surface area contributed by atoms with Crippen molar-refractivity contribution in [3.63, 3.8) is 0 Å². The highest BCUT2D eigenvalue weighted by Gasteiger charge is 2.11. The number of phenolic OH excluding ortho intramolecular Hbond substituents is 1. The zero-order valence-corrected chi connectivity index (χ0v) is 12.6. The molecule has 1 aromatic heterocycles. The number of phenols is 1. The predicted molar refractivity (Wildman–Crippen MR) is 84.3 cm³/mol. The number of benzene rings is 1. The molecule has 0 atom stereocenters. The van der Waals surface area contributed by atoms with Crippen LogP contribution in [0.3, 0.4) is 0 Å². The maximum atomic E-state index is 12.0. The van der Waals surface area contributed by atoms with Crippen LogP contribution in [0.25, 0.3) is 10.9 Å². The molecule has 0 fully saturated rings. The van der Waals surface area contributed by atoms with Gasteiger partial charge in [0.1, 0.15) is 11.3 Å². The van der Waals surface area contributed by atoms with Crippen LogP contribution >= 0.6 is 0 Å². The van der Waals surface area contributed by atoms with Crippen LogP contribution in [-0.4, -0.2) is 50.9 Å². The number of hydrogen-bond donors (Lipinski definition) is 3. The molecule has 0 aliphatic carbocycles. The van der Waals surface area contributed by atoms with Crippen LogP contribution in [0.1, 0.15) is 13.3 Å². The number of aliphatic hydroxyl groups is 1. The molecule has 0 bridgehead atoms. The average Bonchev–Trinajstić information content (AvgIpc) is 2.49. The molecule has 0 saturated heterocycles. The van der Waals surface area contributed by atoms with Gasteiger partial charge in [0.05, 0.1) is 12.0 Å². The van der Waals surface area contributed by atoms with Gasteiger partial charge in [-0.15, -0.1) is 0 Å². The lowest BCUT2D eigenvalue weighted by molar-refractivity contribution is 0.198. The first-order chi connectivity index (χ1) is 10.6. The zero-order valence-electron chi connectivity index (χ0n) is 12.6. The number of aromatic hydroxyl groups is 1. The highest BCUT2D eigenvalue weighted by molar-refractivity contribution is 5.83. The predicted octanol–water partition coefficient (Wildman–Crippen LogP) is 0.0997. The van der Waals surface area contributed by atoms with Gasteiger partial charge in [-0.3, -0.25) is 14.3 Å². The number of aryl methyl sites for hydroxylation is 1. The molecule has 0 spiro atoms. The molecular formula is C15H21N3O4. The zero-order chi connectivity index (χ0) is 16.1. The minimum atomic E-state index is -0.524. The number of aromatic amines is 1. The Kier molecular flexibility index (Phi) is 5.35. The number of para-hydroxylation sites is 1. The fourth-order valence-electron chi connectivity index (χ4n) is 2.57. The van der Waals surface area contributed by atoms with Gasteiger partial charge < -0.3 is 15.1 Å². The maximum Gasteiger partial charge on any atom is 0.328 e. The summed E-state index contributed by atoms with van der Waals surface area (Å²) in [6, 6.07) is 4.61. The summed E-state index contributed by atoms with van der Waals surface area (Å²) in [6.07, 6.45) is 0.670. The number of fused-ring (bicyclic) bond motifs is 1. The summed E-state index contributed by atoms with van der Waals surface area (Å²) in [5.74, 6) is -0.0802. The third-order valence-corrected chi connectivity index (χ3v) is 3.71. The molecule has 0 aliphatic heterocycles. The van der Waals surface area contributed by atoms with Gasteiger partial charge in [-0.1, -0.05) is 13.0 Å². The normalized spacial score (nSPS) is 11.4. The highest BCUT2D eigenvalue weighted by Crippen LogP contribution is 2.20. The number of aliphatic hydroxyl groups excluding tert-OH is 1. The number of rotatable bonds is 7. The number of H-pyrrole nitrogens is 1. The third-order valence-electron chi connectivity index (χ3n) is 3.71. The Morgan fingerprint density at radius 1 is 1.27 bits per heavy atom. The topological polar surface area (TPSA) is 98.6 Å². The summed E-state index contributed by atoms with van der Waals surface area (Å²) < 4.78 is 1.39. The molecule has 0 amide bonds. The van der Waals surface area contributed by atoms with Gasteiger partial charge in [-0.05, 0) is 31.6 Å². The summed E-state index contributed by atoms with van der Waals surface area (Å²) in [4.78, 5) is 28.2. The van der Waals surface area contributed by atoms with Crippen molar-refractivity contribution in [2.45, 2.75) is 19.9 Å². The van der Waals surface area contributed by atoms with Crippen LogP contribution in [-0.2, 0) is 6.54 Å². The van der Waals surface area contributed by atoms with Crippen molar-refractivity contribution >= 4 is 10.9 Å². The number of likely N-dealkylation sites (N-methyl/N-ethyl adjacent to an activating group) is 1. The van der Waals surface area contributed by atoms with E-state index >= 15 is 0 Å². The molecule has 120 valence electrons. The molecule has 7 nitrogen and oxygen atoms in total. The van der Waals surface area contributed by atoms with E-state index in [2.05, 4.69) is 9.88 Å². The van der Waals surface area contributed by atoms with E-state index in [1.165, 1.54) is 10.6 Å². The Labute approximate surface area is 127 Å². The molecule has 2 aromatic rings. The van der Waals surface area contributed by atoms with Crippen molar-refractivity contribution < 1.29 is 10.2 Å². The van der Waals surface area contributed by atoms with Gasteiger partial charge in [0, 0.05) is 13.1 Å². The molecule has 1 heterocycles. The van der Waals surface area contributed by atoms with E-state index in [0.29, 0.717) is 24.9 Å². The molecule has 0 radical (unpaired) electrons. The van der Waals surface area contributed by atoms with Gasteiger partial charge in [0.25, 0.3) is 5.56 Å². The largest absolute Gasteiger partial charge is 0.506 e. The number of hydrogen-bond acceptors (Lipinski definition) is 5. The quantitative estimate of drug-likeness (QED) is 0.674. The Balaban J connectivity index is 2.28. The van der Waals surface area contributed by atoms with Crippen LogP contribution in [0.5, 0.6) is 5.75 Å². The Bertz CT molecular complexity index is 751. The van der Waals surface area contributed by atoms with Crippen molar-refractivity contribution in [2.24, 2.45) is 0 Å². The molecular weight excluding hydrogens is 286 g/mol. The van der Waals surface area contributed by atoms with Crippen LogP contribution in [0.4, 0.5) is 0 Å². The molecule has 7 heteroatoms. The first kappa shape index (κ1) is 16.3. The Hall–Kier alpha value is -2.12. The third kappa shape index (κ3) is 3.37. The second-order valence-corrected chi connectivity index (χ2v) is 5.10. The SMILES string of the molecule is CCN(CCO)CCCn1c(=O)[nH]c(=O)c2cccc(O)c21. The van der Waals surface area contributed by atoms with Gasteiger partial charge in [0.15, 0.2) is 0 Å². The van der Waals surface area contributed by atoms with Crippen LogP contribution < -0.4 is 11.2 Å². The van der Waals surface area contributed by atoms with E-state index in [1.807, 2.05) is 6.92 Å². The first-order valence-electron chi connectivity index (χ1n) is 7.36. The lowest BCUT2D eigenvalue weighted by Gasteiger charge is -2.19. The second-order valence-electron chi connectivity index (χ2n) is 5.10. The minimum Gasteiger partial charge on any atom is -0.506 e. The number of aromatic nitrogens is 2. The van der Waals surface area contributed by atoms with Crippen molar-refractivity contribution in [1.29, 1.82) is 0 Å². The molecule has 0 unspecified atom stereocenters. The second kappa shape index (κ2) is 7.24. The smallest absolute Gasteiger partial charge is 0.328 e.